The normalized spacial score (nSPS) is 11.0. The van der Waals surface area contributed by atoms with Crippen LogP contribution in [0.15, 0.2) is 59.1 Å². The summed E-state index contributed by atoms with van der Waals surface area (Å²) in [6.07, 6.45) is 0. The van der Waals surface area contributed by atoms with Crippen LogP contribution in [0.25, 0.3) is 22.3 Å². The van der Waals surface area contributed by atoms with Crippen molar-refractivity contribution >= 4 is 45.2 Å². The van der Waals surface area contributed by atoms with Crippen LogP contribution in [0.2, 0.25) is 0 Å². The molecule has 2 heterocycles. The molecule has 0 unspecified atom stereocenters. The Kier molecular flexibility index (Phi) is 4.73. The predicted molar refractivity (Wildman–Crippen MR) is 108 cm³/mol. The molecule has 4 aromatic rings. The maximum absolute atomic E-state index is 12.2. The predicted octanol–water partition coefficient (Wildman–Crippen LogP) is 4.73. The van der Waals surface area contributed by atoms with Gasteiger partial charge in [-0.15, -0.1) is 11.3 Å². The Bertz CT molecular complexity index is 1060. The van der Waals surface area contributed by atoms with E-state index in [-0.39, 0.29) is 11.7 Å². The first-order valence-electron chi connectivity index (χ1n) is 8.07. The molecule has 0 saturated heterocycles. The standard InChI is InChI=1S/C19H16N4OS2/c1-12-7-8-14-15(9-12)21-18(20-14)26-11-17(24)23-19-22-16(10-25-19)13-5-3-2-4-6-13/h2-10H,11H2,1H3,(H,20,21)(H,22,23,24). The van der Waals surface area contributed by atoms with Crippen molar-refractivity contribution in [2.45, 2.75) is 12.1 Å². The number of anilines is 1. The van der Waals surface area contributed by atoms with Crippen molar-refractivity contribution in [1.29, 1.82) is 0 Å². The molecule has 2 aromatic carbocycles. The lowest BCUT2D eigenvalue weighted by Crippen LogP contribution is -2.13. The smallest absolute Gasteiger partial charge is 0.236 e. The van der Waals surface area contributed by atoms with Crippen LogP contribution in [0.4, 0.5) is 5.13 Å². The molecule has 0 atom stereocenters. The number of thiazole rings is 1. The highest BCUT2D eigenvalue weighted by Crippen LogP contribution is 2.25. The van der Waals surface area contributed by atoms with E-state index in [9.17, 15) is 4.79 Å². The van der Waals surface area contributed by atoms with Gasteiger partial charge in [0.25, 0.3) is 0 Å². The molecule has 2 N–H and O–H groups in total. The maximum Gasteiger partial charge on any atom is 0.236 e. The molecule has 0 bridgehead atoms. The lowest BCUT2D eigenvalue weighted by molar-refractivity contribution is -0.113. The van der Waals surface area contributed by atoms with Crippen molar-refractivity contribution in [3.8, 4) is 11.3 Å². The molecule has 1 amide bonds. The van der Waals surface area contributed by atoms with E-state index < -0.39 is 0 Å². The van der Waals surface area contributed by atoms with Gasteiger partial charge in [-0.1, -0.05) is 48.2 Å². The molecule has 0 fully saturated rings. The van der Waals surface area contributed by atoms with Gasteiger partial charge in [-0.3, -0.25) is 4.79 Å². The molecular formula is C19H16N4OS2. The van der Waals surface area contributed by atoms with Gasteiger partial charge < -0.3 is 10.3 Å². The Morgan fingerprint density at radius 3 is 2.88 bits per heavy atom. The molecule has 0 aliphatic rings. The Hall–Kier alpha value is -2.64. The average molecular weight is 380 g/mol. The zero-order valence-electron chi connectivity index (χ0n) is 14.0. The number of nitrogens with one attached hydrogen (secondary N) is 2. The van der Waals surface area contributed by atoms with Crippen LogP contribution in [0.3, 0.4) is 0 Å². The van der Waals surface area contributed by atoms with Crippen LogP contribution in [0.5, 0.6) is 0 Å². The van der Waals surface area contributed by atoms with E-state index in [1.54, 1.807) is 0 Å². The SMILES string of the molecule is Cc1ccc2nc(SCC(=O)Nc3nc(-c4ccccc4)cs3)[nH]c2c1. The second kappa shape index (κ2) is 7.31. The number of amides is 1. The number of hydrogen-bond acceptors (Lipinski definition) is 5. The molecule has 5 nitrogen and oxygen atoms in total. The summed E-state index contributed by atoms with van der Waals surface area (Å²) in [5.41, 5.74) is 4.97. The monoisotopic (exact) mass is 380 g/mol. The van der Waals surface area contributed by atoms with Crippen LogP contribution in [0, 0.1) is 6.92 Å². The van der Waals surface area contributed by atoms with Crippen molar-refractivity contribution < 1.29 is 4.79 Å². The molecule has 130 valence electrons. The Morgan fingerprint density at radius 2 is 2.04 bits per heavy atom. The molecule has 7 heteroatoms. The summed E-state index contributed by atoms with van der Waals surface area (Å²) in [5, 5.41) is 6.14. The minimum Gasteiger partial charge on any atom is -0.333 e. The van der Waals surface area contributed by atoms with Crippen LogP contribution < -0.4 is 5.32 Å². The highest BCUT2D eigenvalue weighted by Gasteiger charge is 2.10. The third-order valence-corrected chi connectivity index (χ3v) is 5.41. The van der Waals surface area contributed by atoms with Gasteiger partial charge in [0.2, 0.25) is 5.91 Å². The van der Waals surface area contributed by atoms with E-state index in [2.05, 4.69) is 20.3 Å². The molecule has 0 aliphatic carbocycles. The number of aromatic amines is 1. The molecule has 0 aliphatic heterocycles. The van der Waals surface area contributed by atoms with E-state index >= 15 is 0 Å². The van der Waals surface area contributed by atoms with E-state index in [0.717, 1.165) is 27.4 Å². The average Bonchev–Trinajstić information content (AvgIpc) is 3.27. The Balaban J connectivity index is 1.37. The lowest BCUT2D eigenvalue weighted by Gasteiger charge is -2.00. The zero-order valence-corrected chi connectivity index (χ0v) is 15.7. The van der Waals surface area contributed by atoms with Crippen molar-refractivity contribution in [2.24, 2.45) is 0 Å². The van der Waals surface area contributed by atoms with Gasteiger partial charge >= 0.3 is 0 Å². The van der Waals surface area contributed by atoms with Crippen molar-refractivity contribution in [3.63, 3.8) is 0 Å². The maximum atomic E-state index is 12.2. The summed E-state index contributed by atoms with van der Waals surface area (Å²) in [6, 6.07) is 16.0. The number of carbonyl (C=O) groups excluding carboxylic acids is 1. The van der Waals surface area contributed by atoms with Gasteiger partial charge in [0.15, 0.2) is 10.3 Å². The quantitative estimate of drug-likeness (QED) is 0.491. The number of rotatable bonds is 5. The first-order chi connectivity index (χ1) is 12.7. The van der Waals surface area contributed by atoms with Crippen LogP contribution in [-0.4, -0.2) is 26.6 Å². The summed E-state index contributed by atoms with van der Waals surface area (Å²) < 4.78 is 0. The molecule has 2 aromatic heterocycles. The number of aromatic nitrogens is 3. The van der Waals surface area contributed by atoms with Crippen LogP contribution in [-0.2, 0) is 4.79 Å². The second-order valence-corrected chi connectivity index (χ2v) is 7.63. The molecule has 4 rings (SSSR count). The molecule has 0 saturated carbocycles. The van der Waals surface area contributed by atoms with Crippen LogP contribution in [0.1, 0.15) is 5.56 Å². The number of carbonyl (C=O) groups is 1. The van der Waals surface area contributed by atoms with E-state index in [1.165, 1.54) is 28.7 Å². The first kappa shape index (κ1) is 16.8. The summed E-state index contributed by atoms with van der Waals surface area (Å²) in [6.45, 7) is 2.04. The molecule has 0 spiro atoms. The van der Waals surface area contributed by atoms with E-state index in [1.807, 2.05) is 60.8 Å². The van der Waals surface area contributed by atoms with Crippen molar-refractivity contribution in [2.75, 3.05) is 11.1 Å². The molecular weight excluding hydrogens is 364 g/mol. The number of benzene rings is 2. The highest BCUT2D eigenvalue weighted by atomic mass is 32.2. The largest absolute Gasteiger partial charge is 0.333 e. The highest BCUT2D eigenvalue weighted by molar-refractivity contribution is 7.99. The number of imidazole rings is 1. The molecule has 0 radical (unpaired) electrons. The number of aryl methyl sites for hydroxylation is 1. The second-order valence-electron chi connectivity index (χ2n) is 5.80. The summed E-state index contributed by atoms with van der Waals surface area (Å²) >= 11 is 2.80. The fraction of sp³-hybridized carbons (Fsp3) is 0.105. The summed E-state index contributed by atoms with van der Waals surface area (Å²) in [5.74, 6) is 0.180. The van der Waals surface area contributed by atoms with Gasteiger partial charge in [0, 0.05) is 10.9 Å². The summed E-state index contributed by atoms with van der Waals surface area (Å²) in [7, 11) is 0. The first-order valence-corrected chi connectivity index (χ1v) is 9.94. The van der Waals surface area contributed by atoms with Crippen molar-refractivity contribution in [3.05, 3.63) is 59.5 Å². The number of hydrogen-bond donors (Lipinski definition) is 2. The minimum absolute atomic E-state index is 0.0967. The fourth-order valence-electron chi connectivity index (χ4n) is 2.53. The minimum atomic E-state index is -0.0967. The van der Waals surface area contributed by atoms with Gasteiger partial charge in [0.1, 0.15) is 0 Å². The third kappa shape index (κ3) is 3.79. The zero-order chi connectivity index (χ0) is 17.9. The van der Waals surface area contributed by atoms with Gasteiger partial charge in [-0.25, -0.2) is 9.97 Å². The van der Waals surface area contributed by atoms with Gasteiger partial charge in [-0.05, 0) is 24.6 Å². The van der Waals surface area contributed by atoms with Gasteiger partial charge in [0.05, 0.1) is 22.5 Å². The Morgan fingerprint density at radius 1 is 1.19 bits per heavy atom. The topological polar surface area (TPSA) is 70.7 Å². The van der Waals surface area contributed by atoms with E-state index in [4.69, 9.17) is 0 Å². The third-order valence-electron chi connectivity index (χ3n) is 3.78. The van der Waals surface area contributed by atoms with Crippen molar-refractivity contribution in [1.82, 2.24) is 15.0 Å². The fourth-order valence-corrected chi connectivity index (χ4v) is 3.95. The van der Waals surface area contributed by atoms with E-state index in [0.29, 0.717) is 5.13 Å². The number of fused-ring (bicyclic) bond motifs is 1. The summed E-state index contributed by atoms with van der Waals surface area (Å²) in [4.78, 5) is 24.4. The lowest BCUT2D eigenvalue weighted by atomic mass is 10.2. The molecule has 26 heavy (non-hydrogen) atoms. The van der Waals surface area contributed by atoms with Crippen LogP contribution >= 0.6 is 23.1 Å². The number of nitrogens with zero attached hydrogens (tertiary/aromatic N) is 2. The Labute approximate surface area is 158 Å². The number of H-pyrrole nitrogens is 1. The number of thioether (sulfide) groups is 1. The van der Waals surface area contributed by atoms with Gasteiger partial charge in [-0.2, -0.15) is 0 Å².